The zero-order valence-electron chi connectivity index (χ0n) is 9.12. The summed E-state index contributed by atoms with van der Waals surface area (Å²) >= 11 is 0. The number of nitrogens with zero attached hydrogens (tertiary/aromatic N) is 2. The maximum absolute atomic E-state index is 8.86. The molecule has 2 N–H and O–H groups in total. The summed E-state index contributed by atoms with van der Waals surface area (Å²) in [6.45, 7) is 6.89. The van der Waals surface area contributed by atoms with E-state index in [0.717, 1.165) is 17.9 Å². The molecule has 0 aliphatic heterocycles. The highest BCUT2D eigenvalue weighted by atomic mass is 16.3. The number of aliphatic hydroxyl groups is 1. The number of hydrogen-bond donors (Lipinski definition) is 2. The summed E-state index contributed by atoms with van der Waals surface area (Å²) in [5.41, 5.74) is 0.976. The highest BCUT2D eigenvalue weighted by Gasteiger charge is 2.06. The molecular weight excluding hydrogens is 178 g/mol. The van der Waals surface area contributed by atoms with Crippen molar-refractivity contribution in [2.75, 3.05) is 11.9 Å². The molecule has 0 saturated heterocycles. The molecule has 14 heavy (non-hydrogen) atoms. The third kappa shape index (κ3) is 2.73. The molecule has 0 radical (unpaired) electrons. The lowest BCUT2D eigenvalue weighted by Gasteiger charge is -2.13. The highest BCUT2D eigenvalue weighted by molar-refractivity contribution is 5.37. The Labute approximate surface area is 84.9 Å². The molecule has 4 nitrogen and oxygen atoms in total. The molecule has 0 amide bonds. The monoisotopic (exact) mass is 197 g/mol. The van der Waals surface area contributed by atoms with Crippen molar-refractivity contribution in [3.8, 4) is 0 Å². The lowest BCUT2D eigenvalue weighted by atomic mass is 10.2. The Morgan fingerprint density at radius 3 is 2.93 bits per heavy atom. The second kappa shape index (κ2) is 5.00. The Morgan fingerprint density at radius 2 is 2.36 bits per heavy atom. The topological polar surface area (TPSA) is 50.1 Å². The van der Waals surface area contributed by atoms with Crippen molar-refractivity contribution in [3.05, 3.63) is 11.8 Å². The van der Waals surface area contributed by atoms with Crippen LogP contribution in [0.2, 0.25) is 0 Å². The van der Waals surface area contributed by atoms with E-state index in [4.69, 9.17) is 5.11 Å². The van der Waals surface area contributed by atoms with Gasteiger partial charge in [-0.25, -0.2) is 4.68 Å². The molecule has 0 aliphatic carbocycles. The molecule has 1 atom stereocenters. The molecule has 80 valence electrons. The number of hydrogen-bond acceptors (Lipinski definition) is 3. The maximum atomic E-state index is 8.86. The van der Waals surface area contributed by atoms with E-state index >= 15 is 0 Å². The summed E-state index contributed by atoms with van der Waals surface area (Å²) < 4.78 is 1.81. The van der Waals surface area contributed by atoms with Crippen LogP contribution >= 0.6 is 0 Å². The molecule has 1 unspecified atom stereocenters. The standard InChI is InChI=1S/C10H19N3O/c1-4-8(2)11-10-7-9(3)12-13(10)5-6-14/h7-8,11,14H,4-6H2,1-3H3. The summed E-state index contributed by atoms with van der Waals surface area (Å²) in [6, 6.07) is 2.44. The van der Waals surface area contributed by atoms with Gasteiger partial charge in [0.05, 0.1) is 18.8 Å². The van der Waals surface area contributed by atoms with E-state index in [-0.39, 0.29) is 6.61 Å². The first-order chi connectivity index (χ1) is 6.67. The fourth-order valence-electron chi connectivity index (χ4n) is 1.28. The van der Waals surface area contributed by atoms with Crippen molar-refractivity contribution < 1.29 is 5.11 Å². The van der Waals surface area contributed by atoms with Crippen LogP contribution in [-0.4, -0.2) is 27.5 Å². The lowest BCUT2D eigenvalue weighted by molar-refractivity contribution is 0.270. The Hall–Kier alpha value is -1.03. The summed E-state index contributed by atoms with van der Waals surface area (Å²) in [5, 5.41) is 16.5. The van der Waals surface area contributed by atoms with E-state index in [0.29, 0.717) is 12.6 Å². The minimum atomic E-state index is 0.121. The first-order valence-corrected chi connectivity index (χ1v) is 5.09. The van der Waals surface area contributed by atoms with E-state index in [1.807, 2.05) is 17.7 Å². The number of aromatic nitrogens is 2. The predicted molar refractivity (Wildman–Crippen MR) is 57.4 cm³/mol. The molecule has 1 aromatic heterocycles. The molecule has 0 aliphatic rings. The molecule has 0 bridgehead atoms. The van der Waals surface area contributed by atoms with Gasteiger partial charge in [-0.1, -0.05) is 6.92 Å². The molecular formula is C10H19N3O. The van der Waals surface area contributed by atoms with Crippen LogP contribution in [0, 0.1) is 6.92 Å². The average Bonchev–Trinajstić information content (AvgIpc) is 2.47. The van der Waals surface area contributed by atoms with Crippen molar-refractivity contribution in [2.24, 2.45) is 0 Å². The largest absolute Gasteiger partial charge is 0.394 e. The summed E-state index contributed by atoms with van der Waals surface area (Å²) in [7, 11) is 0. The second-order valence-electron chi connectivity index (χ2n) is 3.57. The van der Waals surface area contributed by atoms with Gasteiger partial charge in [-0.2, -0.15) is 5.10 Å². The third-order valence-corrected chi connectivity index (χ3v) is 2.22. The average molecular weight is 197 g/mol. The van der Waals surface area contributed by atoms with Crippen LogP contribution in [0.1, 0.15) is 26.0 Å². The van der Waals surface area contributed by atoms with E-state index in [2.05, 4.69) is 24.3 Å². The summed E-state index contributed by atoms with van der Waals surface area (Å²) in [6.07, 6.45) is 1.07. The van der Waals surface area contributed by atoms with Crippen LogP contribution in [0.4, 0.5) is 5.82 Å². The fraction of sp³-hybridized carbons (Fsp3) is 0.700. The Balaban J connectivity index is 2.73. The molecule has 1 rings (SSSR count). The Kier molecular flexibility index (Phi) is 3.95. The van der Waals surface area contributed by atoms with Gasteiger partial charge in [-0.05, 0) is 20.3 Å². The van der Waals surface area contributed by atoms with E-state index in [1.54, 1.807) is 0 Å². The predicted octanol–water partition coefficient (Wildman–Crippen LogP) is 1.39. The van der Waals surface area contributed by atoms with Crippen LogP contribution in [-0.2, 0) is 6.54 Å². The molecule has 4 heteroatoms. The minimum absolute atomic E-state index is 0.121. The van der Waals surface area contributed by atoms with Gasteiger partial charge in [0.1, 0.15) is 5.82 Å². The van der Waals surface area contributed by atoms with E-state index in [1.165, 1.54) is 0 Å². The van der Waals surface area contributed by atoms with Crippen molar-refractivity contribution in [2.45, 2.75) is 39.8 Å². The fourth-order valence-corrected chi connectivity index (χ4v) is 1.28. The van der Waals surface area contributed by atoms with Gasteiger partial charge >= 0.3 is 0 Å². The minimum Gasteiger partial charge on any atom is -0.394 e. The zero-order chi connectivity index (χ0) is 10.6. The van der Waals surface area contributed by atoms with E-state index in [9.17, 15) is 0 Å². The first-order valence-electron chi connectivity index (χ1n) is 5.09. The van der Waals surface area contributed by atoms with Crippen molar-refractivity contribution in [1.82, 2.24) is 9.78 Å². The number of nitrogens with one attached hydrogen (secondary N) is 1. The van der Waals surface area contributed by atoms with Crippen LogP contribution in [0.3, 0.4) is 0 Å². The zero-order valence-corrected chi connectivity index (χ0v) is 9.12. The van der Waals surface area contributed by atoms with Gasteiger partial charge in [0.15, 0.2) is 0 Å². The van der Waals surface area contributed by atoms with Crippen LogP contribution in [0.5, 0.6) is 0 Å². The molecule has 0 spiro atoms. The van der Waals surface area contributed by atoms with Crippen molar-refractivity contribution in [3.63, 3.8) is 0 Å². The molecule has 0 fully saturated rings. The van der Waals surface area contributed by atoms with Crippen molar-refractivity contribution in [1.29, 1.82) is 0 Å². The molecule has 0 aromatic carbocycles. The van der Waals surface area contributed by atoms with E-state index < -0.39 is 0 Å². The quantitative estimate of drug-likeness (QED) is 0.750. The van der Waals surface area contributed by atoms with Gasteiger partial charge in [0, 0.05) is 12.1 Å². The Morgan fingerprint density at radius 1 is 1.64 bits per heavy atom. The van der Waals surface area contributed by atoms with Gasteiger partial charge in [0.2, 0.25) is 0 Å². The summed E-state index contributed by atoms with van der Waals surface area (Å²) in [5.74, 6) is 0.992. The molecule has 0 saturated carbocycles. The van der Waals surface area contributed by atoms with Crippen LogP contribution < -0.4 is 5.32 Å². The molecule has 1 heterocycles. The maximum Gasteiger partial charge on any atom is 0.124 e. The second-order valence-corrected chi connectivity index (χ2v) is 3.57. The van der Waals surface area contributed by atoms with Crippen molar-refractivity contribution >= 4 is 5.82 Å². The van der Waals surface area contributed by atoms with Gasteiger partial charge in [-0.3, -0.25) is 0 Å². The number of anilines is 1. The highest BCUT2D eigenvalue weighted by Crippen LogP contribution is 2.11. The van der Waals surface area contributed by atoms with Gasteiger partial charge in [-0.15, -0.1) is 0 Å². The summed E-state index contributed by atoms with van der Waals surface area (Å²) in [4.78, 5) is 0. The van der Waals surface area contributed by atoms with Gasteiger partial charge < -0.3 is 10.4 Å². The van der Waals surface area contributed by atoms with Gasteiger partial charge in [0.25, 0.3) is 0 Å². The molecule has 1 aromatic rings. The number of rotatable bonds is 5. The normalized spacial score (nSPS) is 12.9. The smallest absolute Gasteiger partial charge is 0.124 e. The third-order valence-electron chi connectivity index (χ3n) is 2.22. The lowest BCUT2D eigenvalue weighted by Crippen LogP contribution is -2.17. The SMILES string of the molecule is CCC(C)Nc1cc(C)nn1CCO. The first kappa shape index (κ1) is 11.0. The number of aliphatic hydroxyl groups excluding tert-OH is 1. The van der Waals surface area contributed by atoms with Crippen LogP contribution in [0.15, 0.2) is 6.07 Å². The number of aryl methyl sites for hydroxylation is 1. The Bertz CT molecular complexity index is 283. The van der Waals surface area contributed by atoms with Crippen LogP contribution in [0.25, 0.3) is 0 Å².